The highest BCUT2D eigenvalue weighted by atomic mass is 127. The summed E-state index contributed by atoms with van der Waals surface area (Å²) < 4.78 is 0. The van der Waals surface area contributed by atoms with Crippen molar-refractivity contribution in [2.75, 3.05) is 6.54 Å². The van der Waals surface area contributed by atoms with Crippen molar-refractivity contribution in [3.8, 4) is 0 Å². The third-order valence-electron chi connectivity index (χ3n) is 3.03. The van der Waals surface area contributed by atoms with E-state index in [2.05, 4.69) is 31.1 Å². The molecule has 0 saturated heterocycles. The molecule has 0 aliphatic heterocycles. The van der Waals surface area contributed by atoms with Crippen molar-refractivity contribution in [3.05, 3.63) is 0 Å². The van der Waals surface area contributed by atoms with Crippen LogP contribution in [0.1, 0.15) is 52.9 Å². The van der Waals surface area contributed by atoms with Crippen molar-refractivity contribution in [1.29, 1.82) is 0 Å². The van der Waals surface area contributed by atoms with Crippen LogP contribution in [0.2, 0.25) is 0 Å². The lowest BCUT2D eigenvalue weighted by Gasteiger charge is -2.14. The molecule has 1 saturated carbocycles. The first-order valence-corrected chi connectivity index (χ1v) is 6.64. The van der Waals surface area contributed by atoms with Crippen LogP contribution in [0.15, 0.2) is 4.99 Å². The predicted molar refractivity (Wildman–Crippen MR) is 85.9 cm³/mol. The number of nitrogens with one attached hydrogen (secondary N) is 1. The van der Waals surface area contributed by atoms with Gasteiger partial charge in [-0.15, -0.1) is 24.0 Å². The van der Waals surface area contributed by atoms with Crippen LogP contribution in [-0.2, 0) is 0 Å². The van der Waals surface area contributed by atoms with Crippen molar-refractivity contribution in [2.45, 2.75) is 58.9 Å². The summed E-state index contributed by atoms with van der Waals surface area (Å²) in [5, 5.41) is 3.26. The Morgan fingerprint density at radius 1 is 1.29 bits per heavy atom. The normalized spacial score (nSPS) is 17.8. The molecule has 0 amide bonds. The van der Waals surface area contributed by atoms with Crippen molar-refractivity contribution >= 4 is 29.9 Å². The minimum Gasteiger partial charge on any atom is -0.370 e. The van der Waals surface area contributed by atoms with Gasteiger partial charge in [-0.25, -0.2) is 0 Å². The molecule has 102 valence electrons. The molecule has 4 heteroatoms. The predicted octanol–water partition coefficient (Wildman–Crippen LogP) is 3.13. The van der Waals surface area contributed by atoms with Crippen LogP contribution in [-0.4, -0.2) is 18.5 Å². The lowest BCUT2D eigenvalue weighted by atomic mass is 10.0. The largest absolute Gasteiger partial charge is 0.370 e. The van der Waals surface area contributed by atoms with Crippen molar-refractivity contribution in [2.24, 2.45) is 22.6 Å². The van der Waals surface area contributed by atoms with Gasteiger partial charge in [0, 0.05) is 12.6 Å². The van der Waals surface area contributed by atoms with Gasteiger partial charge >= 0.3 is 0 Å². The van der Waals surface area contributed by atoms with Crippen LogP contribution in [0.25, 0.3) is 0 Å². The van der Waals surface area contributed by atoms with Crippen molar-refractivity contribution < 1.29 is 0 Å². The number of nitrogens with two attached hydrogens (primary N) is 1. The first-order valence-electron chi connectivity index (χ1n) is 6.64. The highest BCUT2D eigenvalue weighted by molar-refractivity contribution is 14.0. The van der Waals surface area contributed by atoms with E-state index in [4.69, 9.17) is 5.73 Å². The van der Waals surface area contributed by atoms with Gasteiger partial charge in [0.1, 0.15) is 0 Å². The van der Waals surface area contributed by atoms with Gasteiger partial charge in [-0.05, 0) is 38.0 Å². The summed E-state index contributed by atoms with van der Waals surface area (Å²) in [5.41, 5.74) is 5.82. The SMILES string of the molecule is CC(C)CCCC(C)NC(N)=NCC1CC1.I. The van der Waals surface area contributed by atoms with E-state index in [1.54, 1.807) is 0 Å². The van der Waals surface area contributed by atoms with Gasteiger partial charge in [0.25, 0.3) is 0 Å². The summed E-state index contributed by atoms with van der Waals surface area (Å²) in [7, 11) is 0. The maximum Gasteiger partial charge on any atom is 0.188 e. The summed E-state index contributed by atoms with van der Waals surface area (Å²) in [5.74, 6) is 2.24. The maximum atomic E-state index is 5.82. The molecule has 3 nitrogen and oxygen atoms in total. The molecule has 1 unspecified atom stereocenters. The second kappa shape index (κ2) is 9.00. The number of nitrogens with zero attached hydrogens (tertiary/aromatic N) is 1. The van der Waals surface area contributed by atoms with Gasteiger partial charge in [-0.2, -0.15) is 0 Å². The second-order valence-electron chi connectivity index (χ2n) is 5.54. The van der Waals surface area contributed by atoms with Gasteiger partial charge < -0.3 is 11.1 Å². The van der Waals surface area contributed by atoms with Gasteiger partial charge in [-0.3, -0.25) is 4.99 Å². The van der Waals surface area contributed by atoms with Crippen LogP contribution in [0.3, 0.4) is 0 Å². The van der Waals surface area contributed by atoms with E-state index in [1.807, 2.05) is 0 Å². The Labute approximate surface area is 123 Å². The van der Waals surface area contributed by atoms with Crippen LogP contribution in [0.5, 0.6) is 0 Å². The van der Waals surface area contributed by atoms with E-state index in [1.165, 1.54) is 32.1 Å². The fourth-order valence-corrected chi connectivity index (χ4v) is 1.73. The molecule has 1 aliphatic rings. The Morgan fingerprint density at radius 2 is 1.94 bits per heavy atom. The quantitative estimate of drug-likeness (QED) is 0.420. The maximum absolute atomic E-state index is 5.82. The van der Waals surface area contributed by atoms with E-state index in [-0.39, 0.29) is 24.0 Å². The molecule has 17 heavy (non-hydrogen) atoms. The van der Waals surface area contributed by atoms with E-state index in [0.29, 0.717) is 12.0 Å². The van der Waals surface area contributed by atoms with Gasteiger partial charge in [0.15, 0.2) is 5.96 Å². The van der Waals surface area contributed by atoms with Gasteiger partial charge in [0.2, 0.25) is 0 Å². The molecule has 0 heterocycles. The van der Waals surface area contributed by atoms with E-state index >= 15 is 0 Å². The number of halogens is 1. The molecular formula is C13H28IN3. The Hall–Kier alpha value is 0. The topological polar surface area (TPSA) is 50.4 Å². The zero-order valence-electron chi connectivity index (χ0n) is 11.4. The molecule has 0 radical (unpaired) electrons. The van der Waals surface area contributed by atoms with Gasteiger partial charge in [0.05, 0.1) is 0 Å². The Kier molecular flexibility index (Phi) is 9.00. The average Bonchev–Trinajstić information content (AvgIpc) is 2.97. The van der Waals surface area contributed by atoms with E-state index in [9.17, 15) is 0 Å². The summed E-state index contributed by atoms with van der Waals surface area (Å²) in [6.45, 7) is 7.63. The minimum atomic E-state index is 0. The molecule has 1 aliphatic carbocycles. The molecular weight excluding hydrogens is 325 g/mol. The number of aliphatic imine (C=N–C) groups is 1. The molecule has 0 spiro atoms. The highest BCUT2D eigenvalue weighted by Gasteiger charge is 2.20. The molecule has 0 aromatic heterocycles. The van der Waals surface area contributed by atoms with Crippen molar-refractivity contribution in [3.63, 3.8) is 0 Å². The molecule has 1 rings (SSSR count). The van der Waals surface area contributed by atoms with Crippen molar-refractivity contribution in [1.82, 2.24) is 5.32 Å². The van der Waals surface area contributed by atoms with Crippen LogP contribution in [0, 0.1) is 11.8 Å². The fraction of sp³-hybridized carbons (Fsp3) is 0.923. The van der Waals surface area contributed by atoms with Crippen LogP contribution in [0.4, 0.5) is 0 Å². The third-order valence-corrected chi connectivity index (χ3v) is 3.03. The summed E-state index contributed by atoms with van der Waals surface area (Å²) in [6.07, 6.45) is 6.41. The number of guanidine groups is 1. The average molecular weight is 353 g/mol. The standard InChI is InChI=1S/C13H27N3.HI/c1-10(2)5-4-6-11(3)16-13(14)15-9-12-7-8-12;/h10-12H,4-9H2,1-3H3,(H3,14,15,16);1H. The minimum absolute atomic E-state index is 0. The Bertz CT molecular complexity index is 225. The first kappa shape index (κ1) is 17.0. The number of hydrogen-bond acceptors (Lipinski definition) is 1. The van der Waals surface area contributed by atoms with Crippen LogP contribution >= 0.6 is 24.0 Å². The summed E-state index contributed by atoms with van der Waals surface area (Å²) >= 11 is 0. The highest BCUT2D eigenvalue weighted by Crippen LogP contribution is 2.28. The second-order valence-corrected chi connectivity index (χ2v) is 5.54. The number of rotatable bonds is 7. The molecule has 1 atom stereocenters. The molecule has 0 aromatic carbocycles. The van der Waals surface area contributed by atoms with E-state index < -0.39 is 0 Å². The Balaban J connectivity index is 0.00000256. The molecule has 0 bridgehead atoms. The molecule has 0 aromatic rings. The zero-order chi connectivity index (χ0) is 12.0. The summed E-state index contributed by atoms with van der Waals surface area (Å²) in [4.78, 5) is 4.35. The summed E-state index contributed by atoms with van der Waals surface area (Å²) in [6, 6.07) is 0.446. The molecule has 1 fully saturated rings. The fourth-order valence-electron chi connectivity index (χ4n) is 1.73. The van der Waals surface area contributed by atoms with Crippen LogP contribution < -0.4 is 11.1 Å². The first-order chi connectivity index (χ1) is 7.58. The zero-order valence-corrected chi connectivity index (χ0v) is 13.7. The van der Waals surface area contributed by atoms with Gasteiger partial charge in [-0.1, -0.05) is 26.7 Å². The third kappa shape index (κ3) is 9.68. The monoisotopic (exact) mass is 353 g/mol. The lowest BCUT2D eigenvalue weighted by molar-refractivity contribution is 0.493. The number of hydrogen-bond donors (Lipinski definition) is 2. The van der Waals surface area contributed by atoms with E-state index in [0.717, 1.165) is 18.4 Å². The molecule has 3 N–H and O–H groups in total. The Morgan fingerprint density at radius 3 is 2.47 bits per heavy atom. The lowest BCUT2D eigenvalue weighted by Crippen LogP contribution is -2.38. The smallest absolute Gasteiger partial charge is 0.188 e.